The maximum atomic E-state index is 13.2. The minimum atomic E-state index is -1.19. The van der Waals surface area contributed by atoms with Crippen molar-refractivity contribution < 1.29 is 43.5 Å². The van der Waals surface area contributed by atoms with E-state index in [4.69, 9.17) is 23.7 Å². The van der Waals surface area contributed by atoms with Crippen LogP contribution in [0.3, 0.4) is 0 Å². The molecule has 2 N–H and O–H groups in total. The van der Waals surface area contributed by atoms with Crippen LogP contribution < -0.4 is 0 Å². The topological polar surface area (TPSA) is 121 Å². The van der Waals surface area contributed by atoms with E-state index in [9.17, 15) is 19.8 Å². The van der Waals surface area contributed by atoms with Crippen molar-refractivity contribution in [1.29, 1.82) is 0 Å². The molecule has 5 aliphatic carbocycles. The Kier molecular flexibility index (Phi) is 7.27. The number of aldehydes is 1. The summed E-state index contributed by atoms with van der Waals surface area (Å²) in [4.78, 5) is 25.1. The Labute approximate surface area is 266 Å². The molecule has 3 heterocycles. The van der Waals surface area contributed by atoms with Crippen molar-refractivity contribution in [2.24, 2.45) is 34.5 Å². The molecule has 0 aromatic rings. The van der Waals surface area contributed by atoms with Crippen molar-refractivity contribution in [2.45, 2.75) is 158 Å². The van der Waals surface area contributed by atoms with Crippen LogP contribution in [0.2, 0.25) is 0 Å². The fraction of sp³-hybridized carbons (Fsp3) is 0.889. The maximum absolute atomic E-state index is 13.2. The van der Waals surface area contributed by atoms with E-state index >= 15 is 0 Å². The highest BCUT2D eigenvalue weighted by Gasteiger charge is 2.71. The van der Waals surface area contributed by atoms with Gasteiger partial charge in [0.15, 0.2) is 12.1 Å². The molecule has 7 fully saturated rings. The molecule has 1 spiro atoms. The van der Waals surface area contributed by atoms with Gasteiger partial charge in [-0.1, -0.05) is 20.3 Å². The molecule has 0 amide bonds. The van der Waals surface area contributed by atoms with Crippen molar-refractivity contribution in [3.63, 3.8) is 0 Å². The molecule has 14 atom stereocenters. The molecule has 250 valence electrons. The molecule has 3 aliphatic heterocycles. The van der Waals surface area contributed by atoms with Crippen molar-refractivity contribution in [2.75, 3.05) is 6.61 Å². The quantitative estimate of drug-likeness (QED) is 0.258. The Morgan fingerprint density at radius 2 is 1.78 bits per heavy atom. The van der Waals surface area contributed by atoms with Crippen LogP contribution in [0.15, 0.2) is 11.6 Å². The second-order valence-corrected chi connectivity index (χ2v) is 16.6. The molecule has 9 heteroatoms. The lowest BCUT2D eigenvalue weighted by Crippen LogP contribution is -2.69. The first-order chi connectivity index (χ1) is 21.4. The summed E-state index contributed by atoms with van der Waals surface area (Å²) in [6.45, 7) is 6.80. The maximum Gasteiger partial charge on any atom is 0.331 e. The van der Waals surface area contributed by atoms with Crippen molar-refractivity contribution in [3.8, 4) is 0 Å². The van der Waals surface area contributed by atoms with Gasteiger partial charge < -0.3 is 38.7 Å². The van der Waals surface area contributed by atoms with Gasteiger partial charge in [0.25, 0.3) is 0 Å². The summed E-state index contributed by atoms with van der Waals surface area (Å²) in [5.41, 5.74) is -2.43. The number of esters is 1. The minimum Gasteiger partial charge on any atom is -0.458 e. The Morgan fingerprint density at radius 1 is 0.956 bits per heavy atom. The fourth-order valence-electron chi connectivity index (χ4n) is 12.2. The lowest BCUT2D eigenvalue weighted by Gasteiger charge is -2.65. The van der Waals surface area contributed by atoms with E-state index in [0.29, 0.717) is 57.5 Å². The summed E-state index contributed by atoms with van der Waals surface area (Å²) in [6, 6.07) is 0. The number of cyclic esters (lactones) is 1. The highest BCUT2D eigenvalue weighted by molar-refractivity contribution is 5.85. The molecule has 0 radical (unpaired) electrons. The van der Waals surface area contributed by atoms with Crippen LogP contribution in [0.4, 0.5) is 0 Å². The normalized spacial score (nSPS) is 55.7. The molecule has 0 bridgehead atoms. The summed E-state index contributed by atoms with van der Waals surface area (Å²) < 4.78 is 31.4. The zero-order chi connectivity index (χ0) is 31.4. The average molecular weight is 629 g/mol. The highest BCUT2D eigenvalue weighted by atomic mass is 16.8. The van der Waals surface area contributed by atoms with Crippen LogP contribution in [0.5, 0.6) is 0 Å². The Bertz CT molecular complexity index is 1250. The van der Waals surface area contributed by atoms with E-state index in [1.807, 2.05) is 6.92 Å². The number of fused-ring (bicyclic) bond motifs is 6. The molecule has 8 rings (SSSR count). The molecule has 0 aromatic carbocycles. The lowest BCUT2D eigenvalue weighted by molar-refractivity contribution is -0.278. The first kappa shape index (κ1) is 30.9. The smallest absolute Gasteiger partial charge is 0.331 e. The van der Waals surface area contributed by atoms with Crippen LogP contribution in [-0.4, -0.2) is 76.8 Å². The standard InChI is InChI=1S/C36H52O9/c1-21-5-4-10-35(17-21)44-28-16-30(42-22(2)31(28)45-35)43-24-6-12-33(20-37)26-7-11-32(3)25(23-15-29(38)41-19-23)9-14-36(32,40)27(26)8-13-34(33,39)18-24/h15,20-22,24-28,30-31,39-40H,4-14,16-19H2,1-3H3/t21?,22?,24-,25-,26?,27?,28?,30+,31-,32-,33+,34+,35?,36+/m1/s1. The van der Waals surface area contributed by atoms with Crippen LogP contribution in [0, 0.1) is 34.5 Å². The van der Waals surface area contributed by atoms with Crippen LogP contribution >= 0.6 is 0 Å². The van der Waals surface area contributed by atoms with E-state index in [-0.39, 0.29) is 53.6 Å². The highest BCUT2D eigenvalue weighted by Crippen LogP contribution is 2.70. The molecule has 5 saturated carbocycles. The summed E-state index contributed by atoms with van der Waals surface area (Å²) in [6.07, 6.45) is 12.2. The van der Waals surface area contributed by atoms with E-state index in [1.165, 1.54) is 6.42 Å². The number of rotatable bonds is 4. The number of ether oxygens (including phenoxy) is 5. The fourth-order valence-corrected chi connectivity index (χ4v) is 12.2. The van der Waals surface area contributed by atoms with Gasteiger partial charge in [0.05, 0.1) is 34.9 Å². The van der Waals surface area contributed by atoms with Crippen LogP contribution in [-0.2, 0) is 33.3 Å². The molecule has 45 heavy (non-hydrogen) atoms. The number of carbonyl (C=O) groups is 2. The minimum absolute atomic E-state index is 0.0718. The molecule has 0 aromatic heterocycles. The van der Waals surface area contributed by atoms with Crippen LogP contribution in [0.1, 0.15) is 111 Å². The Hall–Kier alpha value is -1.36. The zero-order valence-corrected chi connectivity index (χ0v) is 27.2. The second-order valence-electron chi connectivity index (χ2n) is 16.6. The Morgan fingerprint density at radius 3 is 2.53 bits per heavy atom. The first-order valence-electron chi connectivity index (χ1n) is 17.9. The predicted molar refractivity (Wildman–Crippen MR) is 162 cm³/mol. The number of aliphatic hydroxyl groups is 2. The van der Waals surface area contributed by atoms with Gasteiger partial charge in [-0.2, -0.15) is 0 Å². The SMILES string of the molecule is CC1CCCC2(C1)OC1C[C@H](O[C@@H]3CC[C@]4(C=O)C5CC[C@]6(C)[C@@H](C7=CC(=O)OC7)CC[C@]6(O)C5CC[C@]4(O)C3)OC(C)[C@H]1O2. The molecule has 6 unspecified atom stereocenters. The third-order valence-electron chi connectivity index (χ3n) is 14.4. The molecular weight excluding hydrogens is 576 g/mol. The van der Waals surface area contributed by atoms with Crippen molar-refractivity contribution in [1.82, 2.24) is 0 Å². The molecule has 9 nitrogen and oxygen atoms in total. The summed E-state index contributed by atoms with van der Waals surface area (Å²) >= 11 is 0. The van der Waals surface area contributed by atoms with Gasteiger partial charge in [0.2, 0.25) is 0 Å². The van der Waals surface area contributed by atoms with Crippen molar-refractivity contribution in [3.05, 3.63) is 11.6 Å². The van der Waals surface area contributed by atoms with E-state index in [2.05, 4.69) is 13.8 Å². The van der Waals surface area contributed by atoms with Gasteiger partial charge in [-0.25, -0.2) is 4.79 Å². The van der Waals surface area contributed by atoms with Gasteiger partial charge in [-0.05, 0) is 94.0 Å². The van der Waals surface area contributed by atoms with Crippen LogP contribution in [0.25, 0.3) is 0 Å². The number of hydrogen-bond donors (Lipinski definition) is 2. The monoisotopic (exact) mass is 628 g/mol. The number of carbonyl (C=O) groups excluding carboxylic acids is 2. The number of hydrogen-bond acceptors (Lipinski definition) is 9. The Balaban J connectivity index is 0.965. The van der Waals surface area contributed by atoms with Gasteiger partial charge in [-0.3, -0.25) is 0 Å². The lowest BCUT2D eigenvalue weighted by atomic mass is 9.41. The predicted octanol–water partition coefficient (Wildman–Crippen LogP) is 4.75. The van der Waals surface area contributed by atoms with E-state index in [1.54, 1.807) is 6.08 Å². The summed E-state index contributed by atoms with van der Waals surface area (Å²) in [5, 5.41) is 24.9. The third-order valence-corrected chi connectivity index (χ3v) is 14.4. The van der Waals surface area contributed by atoms with E-state index in [0.717, 1.165) is 50.4 Å². The van der Waals surface area contributed by atoms with Gasteiger partial charge in [0, 0.05) is 37.2 Å². The molecule has 2 saturated heterocycles. The van der Waals surface area contributed by atoms with Gasteiger partial charge >= 0.3 is 5.97 Å². The van der Waals surface area contributed by atoms with Crippen molar-refractivity contribution >= 4 is 12.3 Å². The second kappa shape index (κ2) is 10.6. The van der Waals surface area contributed by atoms with E-state index < -0.39 is 28.7 Å². The van der Waals surface area contributed by atoms with Gasteiger partial charge in [0.1, 0.15) is 19.0 Å². The molecular formula is C36H52O9. The zero-order valence-electron chi connectivity index (χ0n) is 27.2. The average Bonchev–Trinajstić information content (AvgIpc) is 3.65. The first-order valence-corrected chi connectivity index (χ1v) is 17.9. The largest absolute Gasteiger partial charge is 0.458 e. The molecule has 8 aliphatic rings. The third kappa shape index (κ3) is 4.46. The summed E-state index contributed by atoms with van der Waals surface area (Å²) in [5.74, 6) is -0.282. The summed E-state index contributed by atoms with van der Waals surface area (Å²) in [7, 11) is 0. The van der Waals surface area contributed by atoms with Gasteiger partial charge in [-0.15, -0.1) is 0 Å².